The average Bonchev–Trinajstić information content (AvgIpc) is 1.99. The molecule has 0 N–H and O–H groups in total. The summed E-state index contributed by atoms with van der Waals surface area (Å²) in [5, 5.41) is 0. The minimum absolute atomic E-state index is 0.0507. The third kappa shape index (κ3) is 24.7. The lowest BCUT2D eigenvalue weighted by Gasteiger charge is -1.96. The van der Waals surface area contributed by atoms with Gasteiger partial charge >= 0.3 is 5.97 Å². The molecule has 78 valence electrons. The highest BCUT2D eigenvalue weighted by Crippen LogP contribution is 1.82. The fraction of sp³-hybridized carbons (Fsp3) is 0.800. The van der Waals surface area contributed by atoms with E-state index in [2.05, 4.69) is 25.5 Å². The van der Waals surface area contributed by atoms with Crippen LogP contribution < -0.4 is 0 Å². The normalized spacial score (nSPS) is 8.77. The van der Waals surface area contributed by atoms with E-state index < -0.39 is 5.97 Å². The first kappa shape index (κ1) is 14.7. The third-order valence-electron chi connectivity index (χ3n) is 0.831. The minimum Gasteiger partial charge on any atom is -0.458 e. The van der Waals surface area contributed by atoms with Crippen LogP contribution in [0.2, 0.25) is 0 Å². The lowest BCUT2D eigenvalue weighted by Crippen LogP contribution is -2.09. The summed E-state index contributed by atoms with van der Waals surface area (Å²) in [6, 6.07) is 0. The Labute approximate surface area is 80.5 Å². The van der Waals surface area contributed by atoms with Gasteiger partial charge in [0.2, 0.25) is 0 Å². The number of rotatable bonds is 3. The van der Waals surface area contributed by atoms with Crippen molar-refractivity contribution >= 4 is 11.8 Å². The molecular formula is C10H20O3. The smallest absolute Gasteiger partial charge is 0.303 e. The first-order valence-corrected chi connectivity index (χ1v) is 4.55. The lowest BCUT2D eigenvalue weighted by molar-refractivity contribution is -0.145. The van der Waals surface area contributed by atoms with Gasteiger partial charge in [0.05, 0.1) is 0 Å². The van der Waals surface area contributed by atoms with Crippen LogP contribution in [0.4, 0.5) is 0 Å². The molecule has 0 amide bonds. The van der Waals surface area contributed by atoms with Crippen molar-refractivity contribution in [3.05, 3.63) is 0 Å². The second-order valence-electron chi connectivity index (χ2n) is 3.40. The van der Waals surface area contributed by atoms with Crippen molar-refractivity contribution in [3.8, 4) is 0 Å². The molecule has 0 aliphatic heterocycles. The van der Waals surface area contributed by atoms with E-state index >= 15 is 0 Å². The van der Waals surface area contributed by atoms with Gasteiger partial charge in [-0.1, -0.05) is 27.7 Å². The number of ketones is 1. The molecule has 0 spiro atoms. The van der Waals surface area contributed by atoms with Crippen molar-refractivity contribution in [2.75, 3.05) is 6.61 Å². The molecule has 0 radical (unpaired) electrons. The molecule has 0 unspecified atom stereocenters. The van der Waals surface area contributed by atoms with Gasteiger partial charge in [-0.3, -0.25) is 9.59 Å². The second kappa shape index (κ2) is 9.23. The summed E-state index contributed by atoms with van der Waals surface area (Å²) >= 11 is 0. The molecule has 0 heterocycles. The molecule has 0 aliphatic carbocycles. The number of hydrogen-bond donors (Lipinski definition) is 0. The zero-order valence-corrected chi connectivity index (χ0v) is 9.22. The van der Waals surface area contributed by atoms with Crippen molar-refractivity contribution in [1.29, 1.82) is 0 Å². The Balaban J connectivity index is 0. The fourth-order valence-electron chi connectivity index (χ4n) is 0.284. The number of Topliss-reactive ketones (excluding diaryl/α,β-unsaturated/α-hetero) is 1. The highest BCUT2D eigenvalue weighted by Gasteiger charge is 1.98. The maximum absolute atomic E-state index is 10.4. The van der Waals surface area contributed by atoms with Gasteiger partial charge in [0, 0.05) is 13.3 Å². The summed E-state index contributed by atoms with van der Waals surface area (Å²) in [4.78, 5) is 20.5. The van der Waals surface area contributed by atoms with E-state index in [1.54, 1.807) is 6.92 Å². The van der Waals surface area contributed by atoms with Gasteiger partial charge in [-0.05, 0) is 5.92 Å². The van der Waals surface area contributed by atoms with Crippen LogP contribution in [0.1, 0.15) is 41.0 Å². The molecule has 0 bridgehead atoms. The quantitative estimate of drug-likeness (QED) is 0.638. The van der Waals surface area contributed by atoms with Gasteiger partial charge in [-0.15, -0.1) is 0 Å². The first-order valence-electron chi connectivity index (χ1n) is 4.55. The van der Waals surface area contributed by atoms with Gasteiger partial charge in [0.15, 0.2) is 5.78 Å². The zero-order chi connectivity index (χ0) is 10.9. The van der Waals surface area contributed by atoms with Crippen LogP contribution >= 0.6 is 0 Å². The summed E-state index contributed by atoms with van der Waals surface area (Å²) < 4.78 is 4.41. The molecule has 3 heteroatoms. The standard InChI is InChI=1S/C6H10O3.C4H10/c1-3-6(8)4-9-5(2)7;1-4(2)3/h3-4H2,1-2H3;4H,1-3H3. The molecule has 0 saturated carbocycles. The molecule has 0 fully saturated rings. The highest BCUT2D eigenvalue weighted by molar-refractivity contribution is 5.81. The van der Waals surface area contributed by atoms with Crippen LogP contribution in [0, 0.1) is 5.92 Å². The SMILES string of the molecule is CC(C)C.CCC(=O)COC(C)=O. The van der Waals surface area contributed by atoms with Crippen molar-refractivity contribution in [2.45, 2.75) is 41.0 Å². The lowest BCUT2D eigenvalue weighted by atomic mass is 10.3. The van der Waals surface area contributed by atoms with Crippen LogP contribution in [-0.2, 0) is 14.3 Å². The van der Waals surface area contributed by atoms with E-state index in [0.717, 1.165) is 5.92 Å². The Morgan fingerprint density at radius 1 is 1.23 bits per heavy atom. The summed E-state index contributed by atoms with van der Waals surface area (Å²) in [6.07, 6.45) is 0.424. The summed E-state index contributed by atoms with van der Waals surface area (Å²) in [5.74, 6) is 0.377. The molecule has 0 rings (SSSR count). The van der Waals surface area contributed by atoms with E-state index in [1.807, 2.05) is 0 Å². The van der Waals surface area contributed by atoms with Crippen molar-refractivity contribution < 1.29 is 14.3 Å². The van der Waals surface area contributed by atoms with Crippen molar-refractivity contribution in [1.82, 2.24) is 0 Å². The van der Waals surface area contributed by atoms with E-state index in [0.29, 0.717) is 6.42 Å². The van der Waals surface area contributed by atoms with E-state index in [4.69, 9.17) is 0 Å². The van der Waals surface area contributed by atoms with Crippen LogP contribution in [0.5, 0.6) is 0 Å². The summed E-state index contributed by atoms with van der Waals surface area (Å²) in [6.45, 7) is 9.43. The van der Waals surface area contributed by atoms with Gasteiger partial charge in [0.25, 0.3) is 0 Å². The Morgan fingerprint density at radius 2 is 1.62 bits per heavy atom. The van der Waals surface area contributed by atoms with E-state index in [1.165, 1.54) is 6.92 Å². The van der Waals surface area contributed by atoms with E-state index in [9.17, 15) is 9.59 Å². The van der Waals surface area contributed by atoms with Crippen LogP contribution in [0.25, 0.3) is 0 Å². The Bertz CT molecular complexity index is 147. The molecule has 13 heavy (non-hydrogen) atoms. The van der Waals surface area contributed by atoms with Crippen molar-refractivity contribution in [2.24, 2.45) is 5.92 Å². The number of esters is 1. The number of carbonyl (C=O) groups excluding carboxylic acids is 2. The molecule has 0 aromatic carbocycles. The molecule has 0 aromatic heterocycles. The van der Waals surface area contributed by atoms with E-state index in [-0.39, 0.29) is 12.4 Å². The molecular weight excluding hydrogens is 168 g/mol. The number of carbonyl (C=O) groups is 2. The summed E-state index contributed by atoms with van der Waals surface area (Å²) in [7, 11) is 0. The molecule has 0 aliphatic rings. The molecule has 0 atom stereocenters. The third-order valence-corrected chi connectivity index (χ3v) is 0.831. The maximum Gasteiger partial charge on any atom is 0.303 e. The van der Waals surface area contributed by atoms with Gasteiger partial charge < -0.3 is 4.74 Å². The largest absolute Gasteiger partial charge is 0.458 e. The van der Waals surface area contributed by atoms with Crippen LogP contribution in [0.15, 0.2) is 0 Å². The Kier molecular flexibility index (Phi) is 10.4. The molecule has 3 nitrogen and oxygen atoms in total. The van der Waals surface area contributed by atoms with Gasteiger partial charge in [0.1, 0.15) is 6.61 Å². The fourth-order valence-corrected chi connectivity index (χ4v) is 0.284. The summed E-state index contributed by atoms with van der Waals surface area (Å²) in [5.41, 5.74) is 0. The first-order chi connectivity index (χ1) is 5.90. The Hall–Kier alpha value is -0.860. The maximum atomic E-state index is 10.4. The Morgan fingerprint density at radius 3 is 1.85 bits per heavy atom. The van der Waals surface area contributed by atoms with Gasteiger partial charge in [-0.25, -0.2) is 0 Å². The van der Waals surface area contributed by atoms with Crippen molar-refractivity contribution in [3.63, 3.8) is 0 Å². The number of ether oxygens (including phenoxy) is 1. The predicted molar refractivity (Wildman–Crippen MR) is 52.4 cm³/mol. The highest BCUT2D eigenvalue weighted by atomic mass is 16.5. The predicted octanol–water partition coefficient (Wildman–Crippen LogP) is 2.19. The van der Waals surface area contributed by atoms with Crippen LogP contribution in [-0.4, -0.2) is 18.4 Å². The minimum atomic E-state index is -0.406. The topological polar surface area (TPSA) is 43.4 Å². The molecule has 0 aromatic rings. The molecule has 0 saturated heterocycles. The zero-order valence-electron chi connectivity index (χ0n) is 9.22. The monoisotopic (exact) mass is 188 g/mol. The number of hydrogen-bond acceptors (Lipinski definition) is 3. The van der Waals surface area contributed by atoms with Crippen LogP contribution in [0.3, 0.4) is 0 Å². The second-order valence-corrected chi connectivity index (χ2v) is 3.40. The average molecular weight is 188 g/mol. The van der Waals surface area contributed by atoms with Gasteiger partial charge in [-0.2, -0.15) is 0 Å².